The number of aryl methyl sites for hydroxylation is 2. The number of aromatic nitrogens is 2. The average molecular weight is 391 g/mol. The molecule has 152 valence electrons. The Hall–Kier alpha value is -3.08. The Morgan fingerprint density at radius 3 is 2.45 bits per heavy atom. The minimum Gasteiger partial charge on any atom is -0.334 e. The first-order valence-corrected chi connectivity index (χ1v) is 10.1. The second kappa shape index (κ2) is 8.95. The van der Waals surface area contributed by atoms with Crippen LogP contribution in [0.25, 0.3) is 0 Å². The SMILES string of the molecule is Cc1cccc(C(C)C)c1NC(=O)NCc1c(C)nn(Cc2ccccc2)c1C. The number of benzene rings is 2. The maximum Gasteiger partial charge on any atom is 0.319 e. The molecule has 0 saturated heterocycles. The van der Waals surface area contributed by atoms with E-state index in [0.717, 1.165) is 40.3 Å². The fraction of sp³-hybridized carbons (Fsp3) is 0.333. The summed E-state index contributed by atoms with van der Waals surface area (Å²) in [5.41, 5.74) is 7.38. The van der Waals surface area contributed by atoms with Crippen molar-refractivity contribution in [2.45, 2.75) is 53.6 Å². The van der Waals surface area contributed by atoms with Crippen molar-refractivity contribution in [3.05, 3.63) is 82.2 Å². The number of anilines is 1. The van der Waals surface area contributed by atoms with Crippen molar-refractivity contribution in [2.24, 2.45) is 0 Å². The standard InChI is InChI=1S/C24H30N4O/c1-16(2)21-13-9-10-17(3)23(21)26-24(29)25-14-22-18(4)27-28(19(22)5)15-20-11-7-6-8-12-20/h6-13,16H,14-15H2,1-5H3,(H2,25,26,29). The van der Waals surface area contributed by atoms with E-state index in [9.17, 15) is 4.79 Å². The number of rotatable bonds is 6. The van der Waals surface area contributed by atoms with Crippen molar-refractivity contribution in [2.75, 3.05) is 5.32 Å². The van der Waals surface area contributed by atoms with Crippen LogP contribution in [0.3, 0.4) is 0 Å². The summed E-state index contributed by atoms with van der Waals surface area (Å²) in [5.74, 6) is 0.339. The first kappa shape index (κ1) is 20.6. The van der Waals surface area contributed by atoms with Gasteiger partial charge in [-0.2, -0.15) is 5.10 Å². The summed E-state index contributed by atoms with van der Waals surface area (Å²) >= 11 is 0. The van der Waals surface area contributed by atoms with E-state index in [1.165, 1.54) is 5.56 Å². The Labute approximate surface area is 173 Å². The third-order valence-corrected chi connectivity index (χ3v) is 5.30. The highest BCUT2D eigenvalue weighted by atomic mass is 16.2. The quantitative estimate of drug-likeness (QED) is 0.600. The van der Waals surface area contributed by atoms with Gasteiger partial charge in [-0.3, -0.25) is 4.68 Å². The van der Waals surface area contributed by atoms with Gasteiger partial charge in [0.05, 0.1) is 12.2 Å². The normalized spacial score (nSPS) is 11.0. The number of nitrogens with zero attached hydrogens (tertiary/aromatic N) is 2. The van der Waals surface area contributed by atoms with Gasteiger partial charge >= 0.3 is 6.03 Å². The molecule has 1 heterocycles. The van der Waals surface area contributed by atoms with Gasteiger partial charge in [0.1, 0.15) is 0 Å². The third kappa shape index (κ3) is 4.86. The molecule has 0 atom stereocenters. The molecule has 5 nitrogen and oxygen atoms in total. The average Bonchev–Trinajstić information content (AvgIpc) is 2.95. The molecule has 0 aliphatic rings. The van der Waals surface area contributed by atoms with Crippen molar-refractivity contribution in [3.63, 3.8) is 0 Å². The van der Waals surface area contributed by atoms with Gasteiger partial charge < -0.3 is 10.6 Å². The summed E-state index contributed by atoms with van der Waals surface area (Å²) in [6.45, 7) is 11.5. The van der Waals surface area contributed by atoms with Crippen LogP contribution in [0.5, 0.6) is 0 Å². The third-order valence-electron chi connectivity index (χ3n) is 5.30. The summed E-state index contributed by atoms with van der Waals surface area (Å²) in [5, 5.41) is 10.7. The number of hydrogen-bond acceptors (Lipinski definition) is 2. The molecule has 0 aliphatic carbocycles. The first-order valence-electron chi connectivity index (χ1n) is 10.1. The summed E-state index contributed by atoms with van der Waals surface area (Å²) in [4.78, 5) is 12.6. The van der Waals surface area contributed by atoms with Gasteiger partial charge in [-0.25, -0.2) is 4.79 Å². The van der Waals surface area contributed by atoms with Crippen molar-refractivity contribution in [1.82, 2.24) is 15.1 Å². The van der Waals surface area contributed by atoms with Crippen LogP contribution in [0.1, 0.15) is 53.4 Å². The zero-order chi connectivity index (χ0) is 21.0. The van der Waals surface area contributed by atoms with Gasteiger partial charge in [0.2, 0.25) is 0 Å². The lowest BCUT2D eigenvalue weighted by atomic mass is 9.98. The zero-order valence-corrected chi connectivity index (χ0v) is 17.9. The maximum absolute atomic E-state index is 12.6. The van der Waals surface area contributed by atoms with Crippen LogP contribution in [-0.2, 0) is 13.1 Å². The number of para-hydroxylation sites is 1. The van der Waals surface area contributed by atoms with Crippen LogP contribution in [0, 0.1) is 20.8 Å². The molecule has 3 rings (SSSR count). The topological polar surface area (TPSA) is 59.0 Å². The molecule has 2 aromatic carbocycles. The lowest BCUT2D eigenvalue weighted by Crippen LogP contribution is -2.29. The van der Waals surface area contributed by atoms with E-state index >= 15 is 0 Å². The van der Waals surface area contributed by atoms with Crippen LogP contribution >= 0.6 is 0 Å². The van der Waals surface area contributed by atoms with Crippen LogP contribution in [0.4, 0.5) is 10.5 Å². The van der Waals surface area contributed by atoms with E-state index in [0.29, 0.717) is 12.5 Å². The molecule has 5 heteroatoms. The van der Waals surface area contributed by atoms with Crippen LogP contribution in [-0.4, -0.2) is 15.8 Å². The Morgan fingerprint density at radius 1 is 1.03 bits per heavy atom. The highest BCUT2D eigenvalue weighted by molar-refractivity contribution is 5.91. The van der Waals surface area contributed by atoms with Crippen molar-refractivity contribution in [3.8, 4) is 0 Å². The van der Waals surface area contributed by atoms with Gasteiger partial charge in [0.25, 0.3) is 0 Å². The molecule has 0 fully saturated rings. The number of carbonyl (C=O) groups excluding carboxylic acids is 1. The summed E-state index contributed by atoms with van der Waals surface area (Å²) < 4.78 is 2.00. The number of carbonyl (C=O) groups is 1. The molecule has 1 aromatic heterocycles. The minimum atomic E-state index is -0.198. The Kier molecular flexibility index (Phi) is 6.37. The highest BCUT2D eigenvalue weighted by Crippen LogP contribution is 2.27. The van der Waals surface area contributed by atoms with E-state index in [1.54, 1.807) is 0 Å². The lowest BCUT2D eigenvalue weighted by Gasteiger charge is -2.17. The van der Waals surface area contributed by atoms with Crippen LogP contribution in [0.15, 0.2) is 48.5 Å². The molecule has 2 N–H and O–H groups in total. The molecule has 3 aromatic rings. The van der Waals surface area contributed by atoms with E-state index in [-0.39, 0.29) is 6.03 Å². The van der Waals surface area contributed by atoms with E-state index in [1.807, 2.05) is 48.9 Å². The number of nitrogens with one attached hydrogen (secondary N) is 2. The van der Waals surface area contributed by atoms with Gasteiger partial charge in [-0.15, -0.1) is 0 Å². The molecular formula is C24H30N4O. The molecule has 0 radical (unpaired) electrons. The molecular weight excluding hydrogens is 360 g/mol. The predicted molar refractivity (Wildman–Crippen MR) is 118 cm³/mol. The van der Waals surface area contributed by atoms with Gasteiger partial charge in [0, 0.05) is 23.5 Å². The molecule has 0 unspecified atom stereocenters. The van der Waals surface area contributed by atoms with Gasteiger partial charge in [-0.05, 0) is 43.4 Å². The monoisotopic (exact) mass is 390 g/mol. The summed E-state index contributed by atoms with van der Waals surface area (Å²) in [6.07, 6.45) is 0. The summed E-state index contributed by atoms with van der Waals surface area (Å²) in [6, 6.07) is 16.2. The van der Waals surface area contributed by atoms with E-state index in [4.69, 9.17) is 0 Å². The smallest absolute Gasteiger partial charge is 0.319 e. The summed E-state index contributed by atoms with van der Waals surface area (Å²) in [7, 11) is 0. The minimum absolute atomic E-state index is 0.198. The van der Waals surface area contributed by atoms with Crippen molar-refractivity contribution in [1.29, 1.82) is 0 Å². The van der Waals surface area contributed by atoms with Crippen molar-refractivity contribution >= 4 is 11.7 Å². The lowest BCUT2D eigenvalue weighted by molar-refractivity contribution is 0.251. The molecule has 0 spiro atoms. The largest absolute Gasteiger partial charge is 0.334 e. The predicted octanol–water partition coefficient (Wildman–Crippen LogP) is 5.30. The fourth-order valence-electron chi connectivity index (χ4n) is 3.57. The number of urea groups is 1. The maximum atomic E-state index is 12.6. The number of hydrogen-bond donors (Lipinski definition) is 2. The van der Waals surface area contributed by atoms with E-state index in [2.05, 4.69) is 54.7 Å². The van der Waals surface area contributed by atoms with Crippen molar-refractivity contribution < 1.29 is 4.79 Å². The zero-order valence-electron chi connectivity index (χ0n) is 17.9. The fourth-order valence-corrected chi connectivity index (χ4v) is 3.57. The molecule has 29 heavy (non-hydrogen) atoms. The second-order valence-corrected chi connectivity index (χ2v) is 7.79. The van der Waals surface area contributed by atoms with E-state index < -0.39 is 0 Å². The Morgan fingerprint density at radius 2 is 1.76 bits per heavy atom. The van der Waals surface area contributed by atoms with Crippen LogP contribution in [0.2, 0.25) is 0 Å². The van der Waals surface area contributed by atoms with Gasteiger partial charge in [0.15, 0.2) is 0 Å². The molecule has 0 aliphatic heterocycles. The second-order valence-electron chi connectivity index (χ2n) is 7.79. The highest BCUT2D eigenvalue weighted by Gasteiger charge is 2.15. The molecule has 0 saturated carbocycles. The first-order chi connectivity index (χ1) is 13.9. The van der Waals surface area contributed by atoms with Crippen LogP contribution < -0.4 is 10.6 Å². The Bertz CT molecular complexity index is 990. The Balaban J connectivity index is 1.68. The number of amides is 2. The molecule has 0 bridgehead atoms. The molecule has 2 amide bonds. The van der Waals surface area contributed by atoms with Gasteiger partial charge in [-0.1, -0.05) is 62.4 Å².